The van der Waals surface area contributed by atoms with Crippen molar-refractivity contribution >= 4 is 5.97 Å². The highest BCUT2D eigenvalue weighted by atomic mass is 16.6. The van der Waals surface area contributed by atoms with E-state index in [-0.39, 0.29) is 18.4 Å². The first-order valence-electron chi connectivity index (χ1n) is 7.69. The zero-order valence-electron chi connectivity index (χ0n) is 13.6. The van der Waals surface area contributed by atoms with Gasteiger partial charge in [0.25, 0.3) is 0 Å². The average molecular weight is 333 g/mol. The van der Waals surface area contributed by atoms with Gasteiger partial charge in [-0.1, -0.05) is 5.16 Å². The van der Waals surface area contributed by atoms with Gasteiger partial charge in [0, 0.05) is 12.7 Å². The molecule has 1 aliphatic heterocycles. The van der Waals surface area contributed by atoms with Crippen LogP contribution in [0.5, 0.6) is 11.5 Å². The highest BCUT2D eigenvalue weighted by Crippen LogP contribution is 2.33. The standard InChI is InChI=1S/C17H19NO6/c1-20-11-5-6-15(21-2)13(8-11)16-9-14(18-24-16)17(19)23-10-12-4-3-7-22-12/h5-6,8-9,12H,3-4,7,10H2,1-2H3/t12-/m1/s1. The van der Waals surface area contributed by atoms with Crippen molar-refractivity contribution in [2.24, 2.45) is 0 Å². The van der Waals surface area contributed by atoms with Crippen LogP contribution in [-0.2, 0) is 9.47 Å². The predicted molar refractivity (Wildman–Crippen MR) is 84.3 cm³/mol. The van der Waals surface area contributed by atoms with Crippen LogP contribution in [-0.4, -0.2) is 44.7 Å². The van der Waals surface area contributed by atoms with Gasteiger partial charge in [-0.2, -0.15) is 0 Å². The fraction of sp³-hybridized carbons (Fsp3) is 0.412. The van der Waals surface area contributed by atoms with Crippen molar-refractivity contribution in [1.82, 2.24) is 5.16 Å². The third-order valence-corrected chi connectivity index (χ3v) is 3.82. The molecule has 1 saturated heterocycles. The molecule has 0 N–H and O–H groups in total. The summed E-state index contributed by atoms with van der Waals surface area (Å²) in [5, 5.41) is 3.78. The Morgan fingerprint density at radius 2 is 2.17 bits per heavy atom. The summed E-state index contributed by atoms with van der Waals surface area (Å²) in [6.07, 6.45) is 1.86. The molecule has 128 valence electrons. The molecule has 1 aromatic heterocycles. The Balaban J connectivity index is 1.73. The second-order valence-electron chi connectivity index (χ2n) is 5.38. The van der Waals surface area contributed by atoms with E-state index >= 15 is 0 Å². The number of rotatable bonds is 6. The van der Waals surface area contributed by atoms with Gasteiger partial charge in [0.2, 0.25) is 0 Å². The van der Waals surface area contributed by atoms with Crippen LogP contribution < -0.4 is 9.47 Å². The Kier molecular flexibility index (Phi) is 5.00. The summed E-state index contributed by atoms with van der Waals surface area (Å²) in [5.74, 6) is 1.09. The Labute approximate surface area is 139 Å². The fourth-order valence-corrected chi connectivity index (χ4v) is 2.52. The maximum atomic E-state index is 12.1. The molecule has 7 nitrogen and oxygen atoms in total. The number of methoxy groups -OCH3 is 2. The third kappa shape index (κ3) is 3.51. The van der Waals surface area contributed by atoms with E-state index in [9.17, 15) is 4.79 Å². The lowest BCUT2D eigenvalue weighted by Crippen LogP contribution is -2.17. The lowest BCUT2D eigenvalue weighted by molar-refractivity contribution is 0.0153. The van der Waals surface area contributed by atoms with E-state index in [1.807, 2.05) is 0 Å². The average Bonchev–Trinajstić information content (AvgIpc) is 3.30. The summed E-state index contributed by atoms with van der Waals surface area (Å²) in [4.78, 5) is 12.1. The molecule has 7 heteroatoms. The van der Waals surface area contributed by atoms with Crippen molar-refractivity contribution in [3.05, 3.63) is 30.0 Å². The molecule has 3 rings (SSSR count). The SMILES string of the molecule is COc1ccc(OC)c(-c2cc(C(=O)OC[C@H]3CCCO3)no2)c1. The Morgan fingerprint density at radius 3 is 2.88 bits per heavy atom. The van der Waals surface area contributed by atoms with Crippen molar-refractivity contribution < 1.29 is 28.3 Å². The van der Waals surface area contributed by atoms with E-state index in [1.165, 1.54) is 6.07 Å². The Bertz CT molecular complexity index is 705. The maximum absolute atomic E-state index is 12.1. The smallest absolute Gasteiger partial charge is 0.360 e. The summed E-state index contributed by atoms with van der Waals surface area (Å²) in [5.41, 5.74) is 0.746. The van der Waals surface area contributed by atoms with Crippen LogP contribution in [0.25, 0.3) is 11.3 Å². The van der Waals surface area contributed by atoms with Crippen LogP contribution in [0.2, 0.25) is 0 Å². The van der Waals surface area contributed by atoms with E-state index in [0.717, 1.165) is 12.8 Å². The zero-order chi connectivity index (χ0) is 16.9. The van der Waals surface area contributed by atoms with Crippen LogP contribution in [0, 0.1) is 0 Å². The number of aromatic nitrogens is 1. The predicted octanol–water partition coefficient (Wildman–Crippen LogP) is 2.69. The fourth-order valence-electron chi connectivity index (χ4n) is 2.52. The van der Waals surface area contributed by atoms with Gasteiger partial charge in [-0.3, -0.25) is 0 Å². The minimum absolute atomic E-state index is 0.0289. The van der Waals surface area contributed by atoms with Crippen LogP contribution in [0.1, 0.15) is 23.3 Å². The van der Waals surface area contributed by atoms with E-state index in [4.69, 9.17) is 23.5 Å². The molecule has 0 unspecified atom stereocenters. The third-order valence-electron chi connectivity index (χ3n) is 3.82. The molecule has 0 radical (unpaired) electrons. The highest BCUT2D eigenvalue weighted by Gasteiger charge is 2.21. The molecule has 1 aliphatic rings. The molecular weight excluding hydrogens is 314 g/mol. The number of hydrogen-bond donors (Lipinski definition) is 0. The summed E-state index contributed by atoms with van der Waals surface area (Å²) < 4.78 is 26.4. The number of hydrogen-bond acceptors (Lipinski definition) is 7. The number of carbonyl (C=O) groups excluding carboxylic acids is 1. The first kappa shape index (κ1) is 16.3. The molecular formula is C17H19NO6. The summed E-state index contributed by atoms with van der Waals surface area (Å²) >= 11 is 0. The maximum Gasteiger partial charge on any atom is 0.360 e. The first-order chi connectivity index (χ1) is 11.7. The summed E-state index contributed by atoms with van der Waals surface area (Å²) in [6, 6.07) is 6.80. The minimum Gasteiger partial charge on any atom is -0.497 e. The number of carbonyl (C=O) groups is 1. The number of nitrogens with zero attached hydrogens (tertiary/aromatic N) is 1. The molecule has 0 aliphatic carbocycles. The first-order valence-corrected chi connectivity index (χ1v) is 7.69. The largest absolute Gasteiger partial charge is 0.497 e. The van der Waals surface area contributed by atoms with Gasteiger partial charge in [-0.05, 0) is 31.0 Å². The number of esters is 1. The van der Waals surface area contributed by atoms with Crippen molar-refractivity contribution in [2.75, 3.05) is 27.4 Å². The molecule has 1 atom stereocenters. The van der Waals surface area contributed by atoms with Gasteiger partial charge < -0.3 is 23.5 Å². The molecule has 0 spiro atoms. The van der Waals surface area contributed by atoms with Crippen molar-refractivity contribution in [1.29, 1.82) is 0 Å². The molecule has 1 aromatic carbocycles. The molecule has 0 saturated carbocycles. The van der Waals surface area contributed by atoms with Gasteiger partial charge in [-0.25, -0.2) is 4.79 Å². The van der Waals surface area contributed by atoms with Crippen molar-refractivity contribution in [2.45, 2.75) is 18.9 Å². The van der Waals surface area contributed by atoms with E-state index in [2.05, 4.69) is 5.16 Å². The van der Waals surface area contributed by atoms with Crippen LogP contribution in [0.3, 0.4) is 0 Å². The zero-order valence-corrected chi connectivity index (χ0v) is 13.6. The normalized spacial score (nSPS) is 16.8. The van der Waals surface area contributed by atoms with Gasteiger partial charge >= 0.3 is 5.97 Å². The second kappa shape index (κ2) is 7.35. The second-order valence-corrected chi connectivity index (χ2v) is 5.38. The van der Waals surface area contributed by atoms with Gasteiger partial charge in [-0.15, -0.1) is 0 Å². The molecule has 2 aromatic rings. The van der Waals surface area contributed by atoms with Gasteiger partial charge in [0.1, 0.15) is 18.1 Å². The molecule has 0 bridgehead atoms. The Hall–Kier alpha value is -2.54. The molecule has 24 heavy (non-hydrogen) atoms. The number of ether oxygens (including phenoxy) is 4. The number of benzene rings is 1. The van der Waals surface area contributed by atoms with E-state index < -0.39 is 5.97 Å². The molecule has 1 fully saturated rings. The van der Waals surface area contributed by atoms with E-state index in [0.29, 0.717) is 29.4 Å². The van der Waals surface area contributed by atoms with Crippen LogP contribution in [0.4, 0.5) is 0 Å². The topological polar surface area (TPSA) is 80.0 Å². The highest BCUT2D eigenvalue weighted by molar-refractivity contribution is 5.88. The molecule has 2 heterocycles. The van der Waals surface area contributed by atoms with Crippen LogP contribution in [0.15, 0.2) is 28.8 Å². The summed E-state index contributed by atoms with van der Waals surface area (Å²) in [7, 11) is 3.12. The summed E-state index contributed by atoms with van der Waals surface area (Å²) in [6.45, 7) is 0.940. The lowest BCUT2D eigenvalue weighted by atomic mass is 10.1. The lowest BCUT2D eigenvalue weighted by Gasteiger charge is -2.08. The Morgan fingerprint density at radius 1 is 1.29 bits per heavy atom. The van der Waals surface area contributed by atoms with E-state index in [1.54, 1.807) is 32.4 Å². The monoisotopic (exact) mass is 333 g/mol. The van der Waals surface area contributed by atoms with Crippen LogP contribution >= 0.6 is 0 Å². The van der Waals surface area contributed by atoms with Crippen molar-refractivity contribution in [3.63, 3.8) is 0 Å². The van der Waals surface area contributed by atoms with Gasteiger partial charge in [0.15, 0.2) is 11.5 Å². The molecule has 0 amide bonds. The van der Waals surface area contributed by atoms with Crippen molar-refractivity contribution in [3.8, 4) is 22.8 Å². The minimum atomic E-state index is -0.539. The quantitative estimate of drug-likeness (QED) is 0.752. The van der Waals surface area contributed by atoms with Gasteiger partial charge in [0.05, 0.1) is 25.9 Å².